The van der Waals surface area contributed by atoms with Gasteiger partial charge in [0.25, 0.3) is 0 Å². The number of allylic oxidation sites excluding steroid dienone is 1. The first-order valence-corrected chi connectivity index (χ1v) is 7.96. The fourth-order valence-electron chi connectivity index (χ4n) is 3.79. The predicted molar refractivity (Wildman–Crippen MR) is 84.4 cm³/mol. The number of likely N-dealkylation sites (tertiary alicyclic amines) is 1. The smallest absolute Gasteiger partial charge is 0.406 e. The van der Waals surface area contributed by atoms with Crippen LogP contribution in [-0.4, -0.2) is 59.2 Å². The van der Waals surface area contributed by atoms with Crippen molar-refractivity contribution in [3.63, 3.8) is 0 Å². The molecular weight excluding hydrogens is 337 g/mol. The second-order valence-corrected chi connectivity index (χ2v) is 6.30. The third-order valence-electron chi connectivity index (χ3n) is 4.74. The molecule has 2 saturated heterocycles. The van der Waals surface area contributed by atoms with Crippen LogP contribution < -0.4 is 9.64 Å². The van der Waals surface area contributed by atoms with Gasteiger partial charge in [-0.25, -0.2) is 5.06 Å². The minimum absolute atomic E-state index is 0.167. The predicted octanol–water partition coefficient (Wildman–Crippen LogP) is 2.42. The van der Waals surface area contributed by atoms with E-state index in [1.165, 1.54) is 12.1 Å². The molecule has 1 N–H and O–H groups in total. The lowest BCUT2D eigenvalue weighted by Crippen LogP contribution is -2.54. The lowest BCUT2D eigenvalue weighted by atomic mass is 10.2. The van der Waals surface area contributed by atoms with E-state index in [1.54, 1.807) is 30.6 Å². The van der Waals surface area contributed by atoms with Crippen molar-refractivity contribution in [2.24, 2.45) is 4.99 Å². The molecule has 0 saturated carbocycles. The Kier molecular flexibility index (Phi) is 3.84. The average Bonchev–Trinajstić information content (AvgIpc) is 3.14. The van der Waals surface area contributed by atoms with Crippen LogP contribution in [0.2, 0.25) is 0 Å². The Hall–Kier alpha value is -2.26. The van der Waals surface area contributed by atoms with Crippen LogP contribution in [0, 0.1) is 0 Å². The summed E-state index contributed by atoms with van der Waals surface area (Å²) in [5, 5.41) is 11.0. The van der Waals surface area contributed by atoms with Gasteiger partial charge in [-0.15, -0.1) is 13.2 Å². The number of nitrogens with zero attached hydrogens (tertiary/aromatic N) is 4. The van der Waals surface area contributed by atoms with Gasteiger partial charge in [-0.3, -0.25) is 15.1 Å². The van der Waals surface area contributed by atoms with E-state index in [1.807, 2.05) is 0 Å². The first kappa shape index (κ1) is 16.2. The molecule has 3 aliphatic rings. The molecule has 0 radical (unpaired) electrons. The summed E-state index contributed by atoms with van der Waals surface area (Å²) in [6.45, 7) is 1.35. The number of benzene rings is 1. The molecule has 25 heavy (non-hydrogen) atoms. The van der Waals surface area contributed by atoms with E-state index >= 15 is 0 Å². The van der Waals surface area contributed by atoms with Gasteiger partial charge in [0.15, 0.2) is 0 Å². The van der Waals surface area contributed by atoms with E-state index in [0.29, 0.717) is 18.8 Å². The molecular formula is C16H17F3N4O2. The monoisotopic (exact) mass is 354 g/mol. The number of hydroxylamine groups is 2. The zero-order chi connectivity index (χ0) is 17.6. The summed E-state index contributed by atoms with van der Waals surface area (Å²) in [6.07, 6.45) is 0.605. The number of anilines is 1. The van der Waals surface area contributed by atoms with Crippen molar-refractivity contribution < 1.29 is 23.1 Å². The molecule has 3 atom stereocenters. The van der Waals surface area contributed by atoms with Gasteiger partial charge in [0.05, 0.1) is 0 Å². The topological polar surface area (TPSA) is 51.5 Å². The maximum atomic E-state index is 12.4. The van der Waals surface area contributed by atoms with Crippen molar-refractivity contribution in [1.29, 1.82) is 0 Å². The molecule has 0 spiro atoms. The first-order valence-electron chi connectivity index (χ1n) is 7.96. The van der Waals surface area contributed by atoms with Crippen LogP contribution >= 0.6 is 0 Å². The van der Waals surface area contributed by atoms with Crippen molar-refractivity contribution >= 4 is 11.9 Å². The largest absolute Gasteiger partial charge is 0.573 e. The second-order valence-electron chi connectivity index (χ2n) is 6.30. The van der Waals surface area contributed by atoms with E-state index in [4.69, 9.17) is 0 Å². The average molecular weight is 354 g/mol. The summed E-state index contributed by atoms with van der Waals surface area (Å²) in [7, 11) is 0. The fraction of sp³-hybridized carbons (Fsp3) is 0.438. The fourth-order valence-corrected chi connectivity index (χ4v) is 3.79. The third-order valence-corrected chi connectivity index (χ3v) is 4.74. The van der Waals surface area contributed by atoms with E-state index < -0.39 is 12.7 Å². The highest BCUT2D eigenvalue weighted by Gasteiger charge is 2.47. The van der Waals surface area contributed by atoms with E-state index in [2.05, 4.69) is 19.5 Å². The standard InChI is InChI=1S/C16H17F3N4O2/c17-16(18,19)25-14-4-1-3-11(8-14)21-9-13-7-12(21)10-22(13)15-20-5-2-6-23(15)24/h1-6,8,12-13,15,24H,7,9-10H2/t12-,13-,15?/m0/s1. The van der Waals surface area contributed by atoms with Crippen LogP contribution in [0.1, 0.15) is 6.42 Å². The van der Waals surface area contributed by atoms with Crippen molar-refractivity contribution in [2.45, 2.75) is 31.2 Å². The van der Waals surface area contributed by atoms with Crippen molar-refractivity contribution in [3.8, 4) is 5.75 Å². The molecule has 2 bridgehead atoms. The van der Waals surface area contributed by atoms with Crippen LogP contribution in [0.25, 0.3) is 0 Å². The van der Waals surface area contributed by atoms with Crippen LogP contribution in [0.15, 0.2) is 41.5 Å². The van der Waals surface area contributed by atoms with Gasteiger partial charge in [0.2, 0.25) is 6.29 Å². The molecule has 4 rings (SSSR count). The summed E-state index contributed by atoms with van der Waals surface area (Å²) in [5.41, 5.74) is 0.710. The number of hydrogen-bond acceptors (Lipinski definition) is 6. The Labute approximate surface area is 142 Å². The van der Waals surface area contributed by atoms with Gasteiger partial charge in [-0.1, -0.05) is 6.07 Å². The summed E-state index contributed by atoms with van der Waals surface area (Å²) in [5.74, 6) is -0.215. The zero-order valence-corrected chi connectivity index (χ0v) is 13.2. The molecule has 3 heterocycles. The maximum Gasteiger partial charge on any atom is 0.573 e. The van der Waals surface area contributed by atoms with Gasteiger partial charge >= 0.3 is 6.36 Å². The second kappa shape index (κ2) is 5.92. The molecule has 9 heteroatoms. The number of ether oxygens (including phenoxy) is 1. The van der Waals surface area contributed by atoms with Crippen LogP contribution in [0.3, 0.4) is 0 Å². The number of rotatable bonds is 3. The molecule has 134 valence electrons. The quantitative estimate of drug-likeness (QED) is 0.904. The van der Waals surface area contributed by atoms with Crippen molar-refractivity contribution in [3.05, 3.63) is 36.5 Å². The van der Waals surface area contributed by atoms with E-state index in [0.717, 1.165) is 11.5 Å². The van der Waals surface area contributed by atoms with E-state index in [-0.39, 0.29) is 17.8 Å². The molecule has 1 aromatic rings. The minimum Gasteiger partial charge on any atom is -0.406 e. The molecule has 2 fully saturated rings. The number of hydrogen-bond donors (Lipinski definition) is 1. The number of fused-ring (bicyclic) bond motifs is 2. The van der Waals surface area contributed by atoms with Crippen LogP contribution in [-0.2, 0) is 0 Å². The van der Waals surface area contributed by atoms with Gasteiger partial charge in [-0.2, -0.15) is 0 Å². The van der Waals surface area contributed by atoms with Gasteiger partial charge in [-0.05, 0) is 24.6 Å². The Morgan fingerprint density at radius 3 is 2.72 bits per heavy atom. The van der Waals surface area contributed by atoms with E-state index in [9.17, 15) is 18.4 Å². The summed E-state index contributed by atoms with van der Waals surface area (Å²) in [6, 6.07) is 6.41. The Morgan fingerprint density at radius 1 is 1.20 bits per heavy atom. The normalized spacial score (nSPS) is 28.9. The SMILES string of the molecule is ON1C=CC=NC1N1C[C@@H]2C[C@H]1CN2c1cccc(OC(F)(F)F)c1. The summed E-state index contributed by atoms with van der Waals surface area (Å²) < 4.78 is 41.2. The number of aliphatic imine (C=N–C) groups is 1. The molecule has 1 aromatic carbocycles. The highest BCUT2D eigenvalue weighted by molar-refractivity contribution is 5.71. The Bertz CT molecular complexity index is 709. The first-order chi connectivity index (χ1) is 11.9. The van der Waals surface area contributed by atoms with Crippen molar-refractivity contribution in [2.75, 3.05) is 18.0 Å². The summed E-state index contributed by atoms with van der Waals surface area (Å²) >= 11 is 0. The molecule has 3 aliphatic heterocycles. The lowest BCUT2D eigenvalue weighted by Gasteiger charge is -2.40. The molecule has 0 aliphatic carbocycles. The maximum absolute atomic E-state index is 12.4. The summed E-state index contributed by atoms with van der Waals surface area (Å²) in [4.78, 5) is 8.49. The highest BCUT2D eigenvalue weighted by Crippen LogP contribution is 2.38. The van der Waals surface area contributed by atoms with Gasteiger partial charge in [0.1, 0.15) is 5.75 Å². The number of alkyl halides is 3. The Balaban J connectivity index is 1.47. The molecule has 0 aromatic heterocycles. The number of piperazine rings is 1. The van der Waals surface area contributed by atoms with Gasteiger partial charge in [0, 0.05) is 49.3 Å². The van der Waals surface area contributed by atoms with Gasteiger partial charge < -0.3 is 9.64 Å². The van der Waals surface area contributed by atoms with Crippen LogP contribution in [0.5, 0.6) is 5.75 Å². The molecule has 1 unspecified atom stereocenters. The minimum atomic E-state index is -4.70. The zero-order valence-electron chi connectivity index (χ0n) is 13.2. The lowest BCUT2D eigenvalue weighted by molar-refractivity contribution is -0.274. The van der Waals surface area contributed by atoms with Crippen molar-refractivity contribution in [1.82, 2.24) is 9.96 Å². The molecule has 6 nitrogen and oxygen atoms in total. The molecule has 0 amide bonds. The third kappa shape index (κ3) is 3.16. The Morgan fingerprint density at radius 2 is 2.04 bits per heavy atom. The van der Waals surface area contributed by atoms with Crippen LogP contribution in [0.4, 0.5) is 18.9 Å². The highest BCUT2D eigenvalue weighted by atomic mass is 19.4. The number of halogens is 3.